The predicted octanol–water partition coefficient (Wildman–Crippen LogP) is 17.7. The molecule has 0 saturated carbocycles. The van der Waals surface area contributed by atoms with E-state index < -0.39 is 18.0 Å². The molecule has 0 saturated heterocycles. The number of esters is 3. The minimum atomic E-state index is -0.872. The highest BCUT2D eigenvalue weighted by molar-refractivity contribution is 5.71. The molecule has 6 heteroatoms. The lowest BCUT2D eigenvalue weighted by atomic mass is 10.1. The van der Waals surface area contributed by atoms with Crippen LogP contribution in [0.5, 0.6) is 0 Å². The number of carbonyl (C=O) groups is 3. The highest BCUT2D eigenvalue weighted by Crippen LogP contribution is 2.09. The number of hydrogen-bond donors (Lipinski definition) is 0. The molecule has 0 aromatic rings. The number of carbonyl (C=O) groups excluding carboxylic acids is 3. The summed E-state index contributed by atoms with van der Waals surface area (Å²) >= 11 is 0. The minimum absolute atomic E-state index is 0.158. The Bertz CT molecular complexity index is 1700. The van der Waals surface area contributed by atoms with E-state index in [0.717, 1.165) is 116 Å². The molecule has 1 unspecified atom stereocenters. The molecule has 0 radical (unpaired) electrons. The van der Waals surface area contributed by atoms with Crippen LogP contribution in [0, 0.1) is 0 Å². The molecule has 0 spiro atoms. The van der Waals surface area contributed by atoms with Crippen molar-refractivity contribution in [1.29, 1.82) is 0 Å². The number of hydrogen-bond acceptors (Lipinski definition) is 6. The van der Waals surface area contributed by atoms with Gasteiger partial charge in [-0.1, -0.05) is 209 Å². The van der Waals surface area contributed by atoms with Crippen LogP contribution >= 0.6 is 0 Å². The monoisotopic (exact) mass is 945 g/mol. The average Bonchev–Trinajstić information content (AvgIpc) is 3.35. The lowest BCUT2D eigenvalue weighted by Crippen LogP contribution is -2.30. The third kappa shape index (κ3) is 53.3. The number of rotatable bonds is 44. The van der Waals surface area contributed by atoms with E-state index in [-0.39, 0.29) is 38.4 Å². The van der Waals surface area contributed by atoms with Crippen LogP contribution in [0.3, 0.4) is 0 Å². The molecule has 0 aromatic carbocycles. The SMILES string of the molecule is CC/C=C\C/C=C\C/C=C\C/C=C\C/C=C\CCCCCC(=O)OCC(COC(=O)CC/C=C\C/C=C\C/C=C\C/C=C\C/C=C\CC)OC(=O)CC/C=C\C/C=C\C/C=C\C/C=C\C/C=C\CC. The second-order valence-corrected chi connectivity index (χ2v) is 16.3. The zero-order valence-electron chi connectivity index (χ0n) is 43.2. The molecule has 0 aromatic heterocycles. The van der Waals surface area contributed by atoms with Gasteiger partial charge >= 0.3 is 17.9 Å². The van der Waals surface area contributed by atoms with Crippen molar-refractivity contribution in [3.05, 3.63) is 182 Å². The van der Waals surface area contributed by atoms with Gasteiger partial charge in [-0.05, 0) is 128 Å². The first-order valence-electron chi connectivity index (χ1n) is 26.3. The fourth-order valence-corrected chi connectivity index (χ4v) is 6.09. The molecule has 0 N–H and O–H groups in total. The second kappa shape index (κ2) is 55.1. The van der Waals surface area contributed by atoms with Crippen molar-refractivity contribution >= 4 is 17.9 Å². The summed E-state index contributed by atoms with van der Waals surface area (Å²) in [5.41, 5.74) is 0. The average molecular weight is 945 g/mol. The Morgan fingerprint density at radius 1 is 0.290 bits per heavy atom. The van der Waals surface area contributed by atoms with Crippen LogP contribution < -0.4 is 0 Å². The highest BCUT2D eigenvalue weighted by Gasteiger charge is 2.19. The molecule has 0 aliphatic rings. The summed E-state index contributed by atoms with van der Waals surface area (Å²) < 4.78 is 16.6. The summed E-state index contributed by atoms with van der Waals surface area (Å²) in [7, 11) is 0. The van der Waals surface area contributed by atoms with Crippen molar-refractivity contribution in [2.75, 3.05) is 13.2 Å². The van der Waals surface area contributed by atoms with Crippen LogP contribution in [0.1, 0.15) is 175 Å². The van der Waals surface area contributed by atoms with Crippen LogP contribution in [0.2, 0.25) is 0 Å². The van der Waals surface area contributed by atoms with Gasteiger partial charge in [0.05, 0.1) is 0 Å². The maximum Gasteiger partial charge on any atom is 0.306 e. The molecule has 380 valence electrons. The molecule has 0 rings (SSSR count). The van der Waals surface area contributed by atoms with E-state index in [9.17, 15) is 14.4 Å². The van der Waals surface area contributed by atoms with E-state index in [0.29, 0.717) is 19.3 Å². The first-order chi connectivity index (χ1) is 34.0. The van der Waals surface area contributed by atoms with Gasteiger partial charge in [-0.25, -0.2) is 0 Å². The summed E-state index contributed by atoms with van der Waals surface area (Å²) in [5, 5.41) is 0. The number of ether oxygens (including phenoxy) is 3. The van der Waals surface area contributed by atoms with E-state index in [1.54, 1.807) is 0 Å². The third-order valence-electron chi connectivity index (χ3n) is 9.91. The molecular formula is C63H92O6. The molecule has 0 bridgehead atoms. The Balaban J connectivity index is 4.70. The van der Waals surface area contributed by atoms with Crippen LogP contribution in [0.25, 0.3) is 0 Å². The summed E-state index contributed by atoms with van der Waals surface area (Å²) in [6.07, 6.45) is 83.3. The lowest BCUT2D eigenvalue weighted by molar-refractivity contribution is -0.166. The summed E-state index contributed by atoms with van der Waals surface area (Å²) in [6.45, 7) is 6.10. The van der Waals surface area contributed by atoms with Gasteiger partial charge in [0.25, 0.3) is 0 Å². The predicted molar refractivity (Wildman–Crippen MR) is 297 cm³/mol. The van der Waals surface area contributed by atoms with E-state index in [1.807, 2.05) is 24.3 Å². The Kier molecular flexibility index (Phi) is 50.7. The van der Waals surface area contributed by atoms with Gasteiger partial charge in [-0.15, -0.1) is 0 Å². The largest absolute Gasteiger partial charge is 0.462 e. The van der Waals surface area contributed by atoms with Crippen molar-refractivity contribution in [2.24, 2.45) is 0 Å². The molecular weight excluding hydrogens is 853 g/mol. The zero-order chi connectivity index (χ0) is 50.0. The van der Waals surface area contributed by atoms with E-state index >= 15 is 0 Å². The Morgan fingerprint density at radius 3 is 0.870 bits per heavy atom. The van der Waals surface area contributed by atoms with Gasteiger partial charge < -0.3 is 14.2 Å². The van der Waals surface area contributed by atoms with Gasteiger partial charge in [0, 0.05) is 19.3 Å². The highest BCUT2D eigenvalue weighted by atomic mass is 16.6. The summed E-state index contributed by atoms with van der Waals surface area (Å²) in [4.78, 5) is 38.0. The summed E-state index contributed by atoms with van der Waals surface area (Å²) in [6, 6.07) is 0. The van der Waals surface area contributed by atoms with Crippen molar-refractivity contribution in [3.63, 3.8) is 0 Å². The van der Waals surface area contributed by atoms with Gasteiger partial charge in [0.15, 0.2) is 6.10 Å². The quantitative estimate of drug-likeness (QED) is 0.0262. The maximum atomic E-state index is 12.8. The molecule has 0 fully saturated rings. The molecule has 0 aliphatic carbocycles. The molecule has 0 amide bonds. The third-order valence-corrected chi connectivity index (χ3v) is 9.91. The lowest BCUT2D eigenvalue weighted by Gasteiger charge is -2.18. The fourth-order valence-electron chi connectivity index (χ4n) is 6.09. The summed E-state index contributed by atoms with van der Waals surface area (Å²) in [5.74, 6) is -1.18. The van der Waals surface area contributed by atoms with Crippen molar-refractivity contribution in [2.45, 2.75) is 181 Å². The number of unbranched alkanes of at least 4 members (excludes halogenated alkanes) is 3. The van der Waals surface area contributed by atoms with Gasteiger partial charge in [-0.3, -0.25) is 14.4 Å². The van der Waals surface area contributed by atoms with Crippen molar-refractivity contribution in [1.82, 2.24) is 0 Å². The molecule has 1 atom stereocenters. The zero-order valence-corrected chi connectivity index (χ0v) is 43.2. The first kappa shape index (κ1) is 63.5. The Labute approximate surface area is 421 Å². The normalized spacial score (nSPS) is 13.6. The molecule has 0 heterocycles. The van der Waals surface area contributed by atoms with Crippen molar-refractivity contribution < 1.29 is 28.6 Å². The Hall–Kier alpha value is -5.49. The van der Waals surface area contributed by atoms with E-state index in [1.165, 1.54) is 0 Å². The Morgan fingerprint density at radius 2 is 0.551 bits per heavy atom. The van der Waals surface area contributed by atoms with Crippen LogP contribution in [0.15, 0.2) is 182 Å². The van der Waals surface area contributed by atoms with Gasteiger partial charge in [0.1, 0.15) is 13.2 Å². The second-order valence-electron chi connectivity index (χ2n) is 16.3. The van der Waals surface area contributed by atoms with Crippen molar-refractivity contribution in [3.8, 4) is 0 Å². The molecule has 6 nitrogen and oxygen atoms in total. The van der Waals surface area contributed by atoms with E-state index in [4.69, 9.17) is 14.2 Å². The topological polar surface area (TPSA) is 78.9 Å². The van der Waals surface area contributed by atoms with Gasteiger partial charge in [0.2, 0.25) is 0 Å². The van der Waals surface area contributed by atoms with E-state index in [2.05, 4.69) is 179 Å². The number of allylic oxidation sites excluding steroid dienone is 30. The smallest absolute Gasteiger partial charge is 0.306 e. The molecule has 0 aliphatic heterocycles. The molecule has 69 heavy (non-hydrogen) atoms. The fraction of sp³-hybridized carbons (Fsp3) is 0.476. The van der Waals surface area contributed by atoms with Crippen LogP contribution in [0.4, 0.5) is 0 Å². The van der Waals surface area contributed by atoms with Crippen LogP contribution in [-0.4, -0.2) is 37.2 Å². The van der Waals surface area contributed by atoms with Gasteiger partial charge in [-0.2, -0.15) is 0 Å². The standard InChI is InChI=1S/C63H92O6/c1-4-7-10-13-16-19-22-25-28-31-32-33-36-38-41-44-47-50-53-56-62(65)68-59-60(69-63(66)57-54-51-48-45-42-39-35-30-27-24-21-18-15-12-9-6-3)58-67-61(64)55-52-49-46-43-40-37-34-29-26-23-20-17-14-11-8-5-2/h7-12,16-21,25-30,32-33,37-42,46,48-49,51,60H,4-6,13-15,22-24,31,34-36,43-45,47,50,52-59H2,1-3H3/b10-7-,11-8-,12-9-,19-16-,20-17-,21-18-,28-25-,29-26-,30-27-,33-32-,40-37-,41-38-,42-39-,49-46-,51-48-. The minimum Gasteiger partial charge on any atom is -0.462 e. The maximum absolute atomic E-state index is 12.8. The van der Waals surface area contributed by atoms with Crippen LogP contribution in [-0.2, 0) is 28.6 Å². The first-order valence-corrected chi connectivity index (χ1v) is 26.3.